The molecule has 0 unspecified atom stereocenters. The molecule has 1 heterocycles. The van der Waals surface area contributed by atoms with Gasteiger partial charge in [-0.2, -0.15) is 15.5 Å². The zero-order chi connectivity index (χ0) is 9.52. The average molecular weight is 177 g/mol. The van der Waals surface area contributed by atoms with Gasteiger partial charge in [-0.15, -0.1) is 0 Å². The predicted octanol–water partition coefficient (Wildman–Crippen LogP) is -0.315. The fraction of sp³-hybridized carbons (Fsp3) is 0.625. The maximum Gasteiger partial charge on any atom is 0.207 e. The summed E-state index contributed by atoms with van der Waals surface area (Å²) < 4.78 is 0. The number of nitrogens with zero attached hydrogens (tertiary/aromatic N) is 4. The van der Waals surface area contributed by atoms with E-state index in [1.54, 1.807) is 6.19 Å². The summed E-state index contributed by atoms with van der Waals surface area (Å²) in [5, 5.41) is 20.1. The molecule has 68 valence electrons. The molecule has 0 bridgehead atoms. The molecule has 0 aromatic carbocycles. The van der Waals surface area contributed by atoms with E-state index in [0.717, 1.165) is 26.2 Å². The summed E-state index contributed by atoms with van der Waals surface area (Å²) >= 11 is 0. The topological polar surface area (TPSA) is 75.2 Å². The van der Waals surface area contributed by atoms with Crippen LogP contribution in [0.25, 0.3) is 0 Å². The molecule has 5 nitrogen and oxygen atoms in total. The van der Waals surface area contributed by atoms with Gasteiger partial charge < -0.3 is 10.2 Å². The van der Waals surface area contributed by atoms with Crippen LogP contribution in [0, 0.1) is 22.8 Å². The van der Waals surface area contributed by atoms with Crippen LogP contribution < -0.4 is 5.32 Å². The molecule has 0 aromatic rings. The normalized spacial score (nSPS) is 17.7. The van der Waals surface area contributed by atoms with Crippen LogP contribution in [0.5, 0.6) is 0 Å². The molecule has 0 aliphatic carbocycles. The summed E-state index contributed by atoms with van der Waals surface area (Å²) in [4.78, 5) is 5.61. The fourth-order valence-electron chi connectivity index (χ4n) is 1.27. The van der Waals surface area contributed by atoms with Gasteiger partial charge in [0.15, 0.2) is 0 Å². The average Bonchev–Trinajstić information content (AvgIpc) is 2.19. The highest BCUT2D eigenvalue weighted by atomic mass is 15.2. The molecule has 1 aliphatic heterocycles. The standard InChI is InChI=1S/C8H11N5/c9-2-1-8(12-7-10)13-5-3-11-4-6-13/h11H,1,3-6H2/b12-8+. The summed E-state index contributed by atoms with van der Waals surface area (Å²) in [6.07, 6.45) is 1.94. The van der Waals surface area contributed by atoms with E-state index in [0.29, 0.717) is 5.84 Å². The molecular weight excluding hydrogens is 166 g/mol. The Kier molecular flexibility index (Phi) is 3.74. The van der Waals surface area contributed by atoms with Crippen molar-refractivity contribution in [2.45, 2.75) is 6.42 Å². The van der Waals surface area contributed by atoms with E-state index in [-0.39, 0.29) is 6.42 Å². The molecular formula is C8H11N5. The van der Waals surface area contributed by atoms with Gasteiger partial charge in [0.25, 0.3) is 0 Å². The van der Waals surface area contributed by atoms with E-state index >= 15 is 0 Å². The predicted molar refractivity (Wildman–Crippen MR) is 47.7 cm³/mol. The van der Waals surface area contributed by atoms with Gasteiger partial charge in [0, 0.05) is 26.2 Å². The van der Waals surface area contributed by atoms with Crippen molar-refractivity contribution in [3.63, 3.8) is 0 Å². The van der Waals surface area contributed by atoms with Crippen LogP contribution >= 0.6 is 0 Å². The van der Waals surface area contributed by atoms with Crippen LogP contribution in [-0.2, 0) is 0 Å². The molecule has 1 rings (SSSR count). The molecule has 0 saturated carbocycles. The van der Waals surface area contributed by atoms with Gasteiger partial charge in [0.1, 0.15) is 5.84 Å². The number of amidine groups is 1. The minimum Gasteiger partial charge on any atom is -0.356 e. The summed E-state index contributed by atoms with van der Waals surface area (Å²) in [7, 11) is 0. The van der Waals surface area contributed by atoms with Crippen molar-refractivity contribution >= 4 is 5.84 Å². The lowest BCUT2D eigenvalue weighted by atomic mass is 10.3. The summed E-state index contributed by atoms with van der Waals surface area (Å²) in [5.74, 6) is 0.589. The number of nitriles is 2. The van der Waals surface area contributed by atoms with Gasteiger partial charge in [-0.05, 0) is 0 Å². The monoisotopic (exact) mass is 177 g/mol. The van der Waals surface area contributed by atoms with Gasteiger partial charge in [-0.25, -0.2) is 0 Å². The van der Waals surface area contributed by atoms with Crippen LogP contribution in [0.15, 0.2) is 4.99 Å². The van der Waals surface area contributed by atoms with Gasteiger partial charge in [-0.1, -0.05) is 0 Å². The zero-order valence-corrected chi connectivity index (χ0v) is 7.32. The van der Waals surface area contributed by atoms with Crippen molar-refractivity contribution in [1.29, 1.82) is 10.5 Å². The van der Waals surface area contributed by atoms with Crippen LogP contribution in [0.3, 0.4) is 0 Å². The lowest BCUT2D eigenvalue weighted by Crippen LogP contribution is -2.46. The summed E-state index contributed by atoms with van der Waals surface area (Å²) in [5.41, 5.74) is 0. The van der Waals surface area contributed by atoms with E-state index in [4.69, 9.17) is 10.5 Å². The van der Waals surface area contributed by atoms with E-state index in [2.05, 4.69) is 10.3 Å². The maximum atomic E-state index is 8.51. The molecule has 5 heteroatoms. The quantitative estimate of drug-likeness (QED) is 0.338. The van der Waals surface area contributed by atoms with Gasteiger partial charge in [-0.3, -0.25) is 0 Å². The van der Waals surface area contributed by atoms with Gasteiger partial charge in [0.05, 0.1) is 12.5 Å². The van der Waals surface area contributed by atoms with E-state index in [9.17, 15) is 0 Å². The highest BCUT2D eigenvalue weighted by Crippen LogP contribution is 1.98. The van der Waals surface area contributed by atoms with Crippen molar-refractivity contribution in [3.8, 4) is 12.3 Å². The molecule has 0 radical (unpaired) electrons. The molecule has 0 amide bonds. The first-order valence-corrected chi connectivity index (χ1v) is 4.16. The van der Waals surface area contributed by atoms with E-state index < -0.39 is 0 Å². The van der Waals surface area contributed by atoms with Crippen LogP contribution in [-0.4, -0.2) is 36.9 Å². The number of rotatable bonds is 1. The maximum absolute atomic E-state index is 8.51. The number of nitrogens with one attached hydrogen (secondary N) is 1. The molecule has 1 aliphatic rings. The van der Waals surface area contributed by atoms with Crippen LogP contribution in [0.4, 0.5) is 0 Å². The molecule has 1 fully saturated rings. The Morgan fingerprint density at radius 2 is 2.08 bits per heavy atom. The third kappa shape index (κ3) is 2.73. The number of hydrogen-bond acceptors (Lipinski definition) is 4. The van der Waals surface area contributed by atoms with Crippen molar-refractivity contribution in [1.82, 2.24) is 10.2 Å². The van der Waals surface area contributed by atoms with Crippen LogP contribution in [0.1, 0.15) is 6.42 Å². The molecule has 1 saturated heterocycles. The zero-order valence-electron chi connectivity index (χ0n) is 7.32. The highest BCUT2D eigenvalue weighted by Gasteiger charge is 2.13. The summed E-state index contributed by atoms with van der Waals surface area (Å²) in [6.45, 7) is 3.41. The summed E-state index contributed by atoms with van der Waals surface area (Å²) in [6, 6.07) is 2.01. The second-order valence-corrected chi connectivity index (χ2v) is 2.70. The number of aliphatic imine (C=N–C) groups is 1. The Bertz CT molecular complexity index is 263. The Morgan fingerprint density at radius 1 is 1.38 bits per heavy atom. The van der Waals surface area contributed by atoms with E-state index in [1.807, 2.05) is 11.0 Å². The molecule has 0 spiro atoms. The minimum absolute atomic E-state index is 0.216. The van der Waals surface area contributed by atoms with Crippen molar-refractivity contribution < 1.29 is 0 Å². The highest BCUT2D eigenvalue weighted by molar-refractivity contribution is 5.85. The second-order valence-electron chi connectivity index (χ2n) is 2.70. The first-order valence-electron chi connectivity index (χ1n) is 4.16. The molecule has 0 aromatic heterocycles. The minimum atomic E-state index is 0.216. The van der Waals surface area contributed by atoms with Crippen molar-refractivity contribution in [3.05, 3.63) is 0 Å². The SMILES string of the molecule is N#CC/C(=N\C#N)N1CCNCC1. The van der Waals surface area contributed by atoms with Gasteiger partial charge in [0.2, 0.25) is 6.19 Å². The third-order valence-corrected chi connectivity index (χ3v) is 1.90. The Labute approximate surface area is 77.3 Å². The Morgan fingerprint density at radius 3 is 2.62 bits per heavy atom. The molecule has 1 N–H and O–H groups in total. The van der Waals surface area contributed by atoms with Gasteiger partial charge >= 0.3 is 0 Å². The number of hydrogen-bond donors (Lipinski definition) is 1. The first-order chi connectivity index (χ1) is 6.38. The Balaban J connectivity index is 2.59. The van der Waals surface area contributed by atoms with Crippen LogP contribution in [0.2, 0.25) is 0 Å². The first kappa shape index (κ1) is 9.50. The molecule has 0 atom stereocenters. The smallest absolute Gasteiger partial charge is 0.207 e. The Hall–Kier alpha value is -1.59. The van der Waals surface area contributed by atoms with Crippen molar-refractivity contribution in [2.75, 3.05) is 26.2 Å². The third-order valence-electron chi connectivity index (χ3n) is 1.90. The lowest BCUT2D eigenvalue weighted by molar-refractivity contribution is 0.354. The van der Waals surface area contributed by atoms with Crippen molar-refractivity contribution in [2.24, 2.45) is 4.99 Å². The molecule has 13 heavy (non-hydrogen) atoms. The van der Waals surface area contributed by atoms with E-state index in [1.165, 1.54) is 0 Å². The number of piperazine rings is 1. The largest absolute Gasteiger partial charge is 0.356 e. The second kappa shape index (κ2) is 5.13. The fourth-order valence-corrected chi connectivity index (χ4v) is 1.27. The lowest BCUT2D eigenvalue weighted by Gasteiger charge is -2.28.